The molecule has 2 heteroatoms. The average Bonchev–Trinajstić information content (AvgIpc) is 2.46. The molecule has 1 fully saturated rings. The lowest BCUT2D eigenvalue weighted by molar-refractivity contribution is 0.316. The van der Waals surface area contributed by atoms with Gasteiger partial charge < -0.3 is 10.2 Å². The number of hydrogen-bond donors (Lipinski definition) is 1. The van der Waals surface area contributed by atoms with E-state index in [9.17, 15) is 0 Å². The van der Waals surface area contributed by atoms with E-state index in [0.29, 0.717) is 12.1 Å². The predicted octanol–water partition coefficient (Wildman–Crippen LogP) is 4.20. The second-order valence-electron chi connectivity index (χ2n) is 7.70. The zero-order chi connectivity index (χ0) is 15.6. The molecular weight excluding hydrogens is 256 g/mol. The van der Waals surface area contributed by atoms with Gasteiger partial charge in [0.15, 0.2) is 0 Å². The molecule has 1 aromatic carbocycles. The summed E-state index contributed by atoms with van der Waals surface area (Å²) in [7, 11) is 0. The SMILES string of the molecule is CCC(C)C1CN(c2ccc(C(C)(C)C)cc2)C(C)CN1. The third-order valence-corrected chi connectivity index (χ3v) is 5.00. The molecule has 1 aromatic rings. The Labute approximate surface area is 130 Å². The van der Waals surface area contributed by atoms with Crippen LogP contribution in [-0.2, 0) is 5.41 Å². The van der Waals surface area contributed by atoms with Crippen molar-refractivity contribution in [2.75, 3.05) is 18.0 Å². The average molecular weight is 288 g/mol. The van der Waals surface area contributed by atoms with Crippen molar-refractivity contribution in [3.63, 3.8) is 0 Å². The Kier molecular flexibility index (Phi) is 4.98. The fourth-order valence-corrected chi connectivity index (χ4v) is 3.07. The molecule has 1 heterocycles. The van der Waals surface area contributed by atoms with Crippen LogP contribution in [-0.4, -0.2) is 25.2 Å². The predicted molar refractivity (Wildman–Crippen MR) is 93.2 cm³/mol. The molecule has 118 valence electrons. The second-order valence-corrected chi connectivity index (χ2v) is 7.70. The van der Waals surface area contributed by atoms with E-state index in [2.05, 4.69) is 76.0 Å². The number of nitrogens with zero attached hydrogens (tertiary/aromatic N) is 1. The number of rotatable bonds is 3. The van der Waals surface area contributed by atoms with Gasteiger partial charge in [-0.2, -0.15) is 0 Å². The van der Waals surface area contributed by atoms with E-state index in [1.165, 1.54) is 17.7 Å². The molecule has 1 saturated heterocycles. The highest BCUT2D eigenvalue weighted by Crippen LogP contribution is 2.27. The van der Waals surface area contributed by atoms with Crippen LogP contribution in [0.3, 0.4) is 0 Å². The Balaban J connectivity index is 2.15. The van der Waals surface area contributed by atoms with Crippen LogP contribution < -0.4 is 10.2 Å². The summed E-state index contributed by atoms with van der Waals surface area (Å²) in [5.74, 6) is 0.730. The summed E-state index contributed by atoms with van der Waals surface area (Å²) in [5.41, 5.74) is 3.00. The van der Waals surface area contributed by atoms with Crippen LogP contribution in [0.4, 0.5) is 5.69 Å². The molecule has 1 aliphatic heterocycles. The molecule has 0 aliphatic carbocycles. The van der Waals surface area contributed by atoms with Gasteiger partial charge in [-0.25, -0.2) is 0 Å². The third-order valence-electron chi connectivity index (χ3n) is 5.00. The lowest BCUT2D eigenvalue weighted by Gasteiger charge is -2.42. The maximum absolute atomic E-state index is 3.71. The van der Waals surface area contributed by atoms with Crippen molar-refractivity contribution in [2.45, 2.75) is 65.5 Å². The maximum Gasteiger partial charge on any atom is 0.0387 e. The molecule has 2 nitrogen and oxygen atoms in total. The van der Waals surface area contributed by atoms with E-state index in [1.54, 1.807) is 0 Å². The normalized spacial score (nSPS) is 25.0. The van der Waals surface area contributed by atoms with Gasteiger partial charge in [0.05, 0.1) is 0 Å². The first-order chi connectivity index (χ1) is 9.82. The quantitative estimate of drug-likeness (QED) is 0.897. The number of benzene rings is 1. The van der Waals surface area contributed by atoms with E-state index in [-0.39, 0.29) is 5.41 Å². The molecule has 0 amide bonds. The van der Waals surface area contributed by atoms with Crippen molar-refractivity contribution in [1.82, 2.24) is 5.32 Å². The van der Waals surface area contributed by atoms with Gasteiger partial charge in [0.1, 0.15) is 0 Å². The summed E-state index contributed by atoms with van der Waals surface area (Å²) in [6, 6.07) is 10.4. The van der Waals surface area contributed by atoms with Gasteiger partial charge in [-0.05, 0) is 36.0 Å². The summed E-state index contributed by atoms with van der Waals surface area (Å²) < 4.78 is 0. The van der Waals surface area contributed by atoms with Gasteiger partial charge in [-0.15, -0.1) is 0 Å². The lowest BCUT2D eigenvalue weighted by atomic mass is 9.87. The summed E-state index contributed by atoms with van der Waals surface area (Å²) in [6.45, 7) is 16.0. The van der Waals surface area contributed by atoms with Crippen LogP contribution in [0.15, 0.2) is 24.3 Å². The second kappa shape index (κ2) is 6.39. The van der Waals surface area contributed by atoms with E-state index >= 15 is 0 Å². The molecule has 0 aromatic heterocycles. The highest BCUT2D eigenvalue weighted by molar-refractivity contribution is 5.50. The Morgan fingerprint density at radius 1 is 1.24 bits per heavy atom. The number of nitrogens with one attached hydrogen (secondary N) is 1. The molecule has 3 unspecified atom stereocenters. The van der Waals surface area contributed by atoms with Crippen LogP contribution in [0.1, 0.15) is 53.5 Å². The molecule has 0 bridgehead atoms. The highest BCUT2D eigenvalue weighted by Gasteiger charge is 2.28. The summed E-state index contributed by atoms with van der Waals surface area (Å²) in [4.78, 5) is 2.57. The van der Waals surface area contributed by atoms with Crippen molar-refractivity contribution in [3.05, 3.63) is 29.8 Å². The maximum atomic E-state index is 3.71. The monoisotopic (exact) mass is 288 g/mol. The zero-order valence-corrected chi connectivity index (χ0v) is 14.6. The third kappa shape index (κ3) is 3.79. The molecular formula is C19H32N2. The summed E-state index contributed by atoms with van der Waals surface area (Å²) in [5, 5.41) is 3.71. The number of anilines is 1. The van der Waals surface area contributed by atoms with Crippen molar-refractivity contribution in [2.24, 2.45) is 5.92 Å². The van der Waals surface area contributed by atoms with Gasteiger partial charge in [0.25, 0.3) is 0 Å². The molecule has 0 radical (unpaired) electrons. The van der Waals surface area contributed by atoms with Gasteiger partial charge in [0.2, 0.25) is 0 Å². The van der Waals surface area contributed by atoms with Crippen LogP contribution in [0.2, 0.25) is 0 Å². The van der Waals surface area contributed by atoms with Crippen molar-refractivity contribution in [3.8, 4) is 0 Å². The Morgan fingerprint density at radius 2 is 1.86 bits per heavy atom. The Bertz CT molecular complexity index is 444. The molecule has 3 atom stereocenters. The fraction of sp³-hybridized carbons (Fsp3) is 0.684. The largest absolute Gasteiger partial charge is 0.366 e. The minimum Gasteiger partial charge on any atom is -0.366 e. The smallest absolute Gasteiger partial charge is 0.0387 e. The topological polar surface area (TPSA) is 15.3 Å². The molecule has 1 aliphatic rings. The molecule has 0 saturated carbocycles. The van der Waals surface area contributed by atoms with Gasteiger partial charge in [-0.3, -0.25) is 0 Å². The Hall–Kier alpha value is -1.02. The van der Waals surface area contributed by atoms with Crippen LogP contribution in [0.25, 0.3) is 0 Å². The van der Waals surface area contributed by atoms with Gasteiger partial charge in [0, 0.05) is 30.9 Å². The number of hydrogen-bond acceptors (Lipinski definition) is 2. The minimum absolute atomic E-state index is 0.229. The fourth-order valence-electron chi connectivity index (χ4n) is 3.07. The molecule has 0 spiro atoms. The first-order valence-corrected chi connectivity index (χ1v) is 8.43. The Morgan fingerprint density at radius 3 is 2.38 bits per heavy atom. The van der Waals surface area contributed by atoms with E-state index in [4.69, 9.17) is 0 Å². The van der Waals surface area contributed by atoms with E-state index < -0.39 is 0 Å². The van der Waals surface area contributed by atoms with Crippen LogP contribution in [0, 0.1) is 5.92 Å². The van der Waals surface area contributed by atoms with E-state index in [1.807, 2.05) is 0 Å². The van der Waals surface area contributed by atoms with E-state index in [0.717, 1.165) is 19.0 Å². The highest BCUT2D eigenvalue weighted by atomic mass is 15.2. The van der Waals surface area contributed by atoms with Crippen LogP contribution >= 0.6 is 0 Å². The molecule has 2 rings (SSSR count). The van der Waals surface area contributed by atoms with Crippen molar-refractivity contribution < 1.29 is 0 Å². The number of piperazine rings is 1. The first kappa shape index (κ1) is 16.4. The zero-order valence-electron chi connectivity index (χ0n) is 14.6. The summed E-state index contributed by atoms with van der Waals surface area (Å²) in [6.07, 6.45) is 1.24. The van der Waals surface area contributed by atoms with Crippen LogP contribution in [0.5, 0.6) is 0 Å². The van der Waals surface area contributed by atoms with Gasteiger partial charge in [-0.1, -0.05) is 53.2 Å². The van der Waals surface area contributed by atoms with Gasteiger partial charge >= 0.3 is 0 Å². The standard InChI is InChI=1S/C19H32N2/c1-7-14(2)18-13-21(15(3)12-20-18)17-10-8-16(9-11-17)19(4,5)6/h8-11,14-15,18,20H,7,12-13H2,1-6H3. The molecule has 21 heavy (non-hydrogen) atoms. The lowest BCUT2D eigenvalue weighted by Crippen LogP contribution is -2.57. The summed E-state index contributed by atoms with van der Waals surface area (Å²) >= 11 is 0. The molecule has 1 N–H and O–H groups in total. The van der Waals surface area contributed by atoms with Crippen molar-refractivity contribution in [1.29, 1.82) is 0 Å². The minimum atomic E-state index is 0.229. The van der Waals surface area contributed by atoms with Crippen molar-refractivity contribution >= 4 is 5.69 Å². The first-order valence-electron chi connectivity index (χ1n) is 8.43.